The van der Waals surface area contributed by atoms with Gasteiger partial charge in [0.1, 0.15) is 0 Å². The second kappa shape index (κ2) is 34.3. The predicted octanol–water partition coefficient (Wildman–Crippen LogP) is 6.44. The second-order valence-electron chi connectivity index (χ2n) is 3.00. The predicted molar refractivity (Wildman–Crippen MR) is 117 cm³/mol. The Morgan fingerprint density at radius 2 is 1.46 bits per heavy atom. The van der Waals surface area contributed by atoms with Crippen LogP contribution in [0.25, 0.3) is 10.9 Å². The van der Waals surface area contributed by atoms with Gasteiger partial charge in [0.25, 0.3) is 0 Å². The average molecular weight is 464 g/mol. The molecule has 1 N–H and O–H groups in total. The molecule has 3 rings (SSSR count). The fourth-order valence-corrected chi connectivity index (χ4v) is 1.27. The Labute approximate surface area is 181 Å². The third-order valence-electron chi connectivity index (χ3n) is 1.98. The van der Waals surface area contributed by atoms with Crippen LogP contribution in [-0.4, -0.2) is 11.9 Å². The quantitative estimate of drug-likeness (QED) is 0.342. The molecule has 142 valence electrons. The van der Waals surface area contributed by atoms with Gasteiger partial charge in [-0.1, -0.05) is 12.1 Å². The van der Waals surface area contributed by atoms with Crippen LogP contribution in [0.5, 0.6) is 0 Å². The van der Waals surface area contributed by atoms with Gasteiger partial charge in [0.2, 0.25) is 0 Å². The number of benzene rings is 1. The Morgan fingerprint density at radius 1 is 0.917 bits per heavy atom. The first kappa shape index (κ1) is 49.6. The zero-order valence-electron chi connectivity index (χ0n) is 15.6. The maximum Gasteiger partial charge on any atom is -0.0745 e. The molecule has 1 aliphatic carbocycles. The number of halogens is 2. The van der Waals surface area contributed by atoms with Crippen molar-refractivity contribution in [2.75, 3.05) is 0 Å². The van der Waals surface area contributed by atoms with Crippen molar-refractivity contribution in [2.24, 2.45) is 0 Å². The molecule has 1 aromatic heterocycles. The maximum atomic E-state index is 3.06. The molecule has 0 fully saturated rings. The first-order valence-corrected chi connectivity index (χ1v) is 9.06. The number of para-hydroxylation sites is 1. The van der Waals surface area contributed by atoms with Crippen LogP contribution in [0, 0.1) is 56.8 Å². The zero-order chi connectivity index (χ0) is 11.6. The summed E-state index contributed by atoms with van der Waals surface area (Å²) in [6, 6.07) is 10.1. The van der Waals surface area contributed by atoms with Crippen molar-refractivity contribution in [3.05, 3.63) is 105 Å². The fourth-order valence-electron chi connectivity index (χ4n) is 1.27. The molecule has 0 spiro atoms. The van der Waals surface area contributed by atoms with Crippen LogP contribution in [0.15, 0.2) is 48.6 Å². The smallest absolute Gasteiger partial charge is 0.0745 e. The Bertz CT molecular complexity index is 445. The van der Waals surface area contributed by atoms with Crippen molar-refractivity contribution < 1.29 is 23.3 Å². The molecule has 0 saturated heterocycles. The summed E-state index contributed by atoms with van der Waals surface area (Å²) in [4.78, 5) is 2.99. The topological polar surface area (TPSA) is 15.8 Å². The Kier molecular flexibility index (Phi) is 70.8. The molecule has 1 aromatic carbocycles. The largest absolute Gasteiger partial charge is 0.477 e. The molecule has 0 aliphatic heterocycles. The molecular weight excluding hydrogens is 432 g/mol. The van der Waals surface area contributed by atoms with E-state index < -0.39 is 0 Å². The summed E-state index contributed by atoms with van der Waals surface area (Å²) in [5, 5.41) is 1.22. The second-order valence-corrected chi connectivity index (χ2v) is 3.00. The van der Waals surface area contributed by atoms with E-state index in [2.05, 4.69) is 36.3 Å². The number of fused-ring (bicyclic) bond motifs is 1. The molecule has 0 unspecified atom stereocenters. The molecule has 1 nitrogen and oxygen atoms in total. The van der Waals surface area contributed by atoms with Gasteiger partial charge in [-0.05, 0) is 0 Å². The molecule has 1 aliphatic rings. The monoisotopic (exact) mass is 461 g/mol. The van der Waals surface area contributed by atoms with Gasteiger partial charge >= 0.3 is 30.2 Å². The van der Waals surface area contributed by atoms with Crippen molar-refractivity contribution in [1.29, 1.82) is 0 Å². The van der Waals surface area contributed by atoms with Crippen LogP contribution in [-0.2, 0) is 23.3 Å². The first-order valence-electron chi connectivity index (χ1n) is 4.87. The van der Waals surface area contributed by atoms with Gasteiger partial charge in [0.05, 0.1) is 0 Å². The normalized spacial score (nSPS) is 7.62. The molecule has 1 heterocycles. The molecule has 5 heteroatoms. The van der Waals surface area contributed by atoms with Crippen LogP contribution >= 0.6 is 24.8 Å². The summed E-state index contributed by atoms with van der Waals surface area (Å²) >= 11 is 1.36. The van der Waals surface area contributed by atoms with E-state index in [4.69, 9.17) is 0 Å². The minimum atomic E-state index is 0. The number of aromatic nitrogens is 1. The third kappa shape index (κ3) is 20.0. The minimum Gasteiger partial charge on any atom is -0.477 e. The fraction of sp³-hybridized carbons (Fsp3) is 0.0526. The summed E-state index contributed by atoms with van der Waals surface area (Å²) in [6.07, 6.45) is 12.9. The van der Waals surface area contributed by atoms with E-state index in [1.807, 2.05) is 36.4 Å². The van der Waals surface area contributed by atoms with E-state index in [9.17, 15) is 0 Å². The van der Waals surface area contributed by atoms with Crippen molar-refractivity contribution in [1.82, 2.24) is 4.98 Å². The van der Waals surface area contributed by atoms with Gasteiger partial charge in [0.15, 0.2) is 0 Å². The van der Waals surface area contributed by atoms with Gasteiger partial charge in [0, 0.05) is 0 Å². The van der Waals surface area contributed by atoms with Crippen LogP contribution < -0.4 is 0 Å². The number of aromatic amines is 1. The number of hydrogen-bond acceptors (Lipinski definition) is 0. The standard InChI is InChI=1S/C8H6N.C5H5.6CH3.2ClH.Si.Zr/c1-2-4-8-7(3-1)5-6-9-8;1-2-4-5-3-1;;;;;;;;;;/h1-5,9H;1-3H,4H2;6*1H3;2*1H;;/q8*-1;;;;. The minimum absolute atomic E-state index is 0. The molecular formula is C19H31Cl2NSiZr-8. The zero-order valence-corrected chi connectivity index (χ0v) is 20.7. The SMILES string of the molecule is Cl.Cl.[C-]1=CC=CC1.[CH3-].[CH3-].[CH3-].[CH3-].[CH3-].[CH3-].[Si]=[Zr].[c-]1cc2ccccc2[nH]1. The van der Waals surface area contributed by atoms with Crippen LogP contribution in [0.4, 0.5) is 0 Å². The molecule has 0 bridgehead atoms. The number of nitrogens with one attached hydrogen (secondary N) is 1. The number of rotatable bonds is 0. The van der Waals surface area contributed by atoms with E-state index in [0.29, 0.717) is 0 Å². The summed E-state index contributed by atoms with van der Waals surface area (Å²) in [7, 11) is 0. The third-order valence-corrected chi connectivity index (χ3v) is 1.98. The molecule has 24 heavy (non-hydrogen) atoms. The molecule has 0 amide bonds. The first-order chi connectivity index (χ1) is 7.97. The molecule has 0 saturated carbocycles. The van der Waals surface area contributed by atoms with E-state index in [-0.39, 0.29) is 69.4 Å². The van der Waals surface area contributed by atoms with Gasteiger partial charge in [-0.3, -0.25) is 6.08 Å². The maximum absolute atomic E-state index is 3.06. The van der Waals surface area contributed by atoms with E-state index in [1.165, 1.54) is 28.7 Å². The summed E-state index contributed by atoms with van der Waals surface area (Å²) in [6.45, 7) is 3.06. The van der Waals surface area contributed by atoms with Gasteiger partial charge in [-0.25, -0.2) is 12.2 Å². The Balaban J connectivity index is -0.0000000260. The van der Waals surface area contributed by atoms with E-state index in [0.717, 1.165) is 11.9 Å². The Hall–Kier alpha value is -0.0800. The van der Waals surface area contributed by atoms with Crippen LogP contribution in [0.3, 0.4) is 0 Å². The van der Waals surface area contributed by atoms with Crippen LogP contribution in [0.2, 0.25) is 0 Å². The number of hydrogen-bond donors (Lipinski definition) is 1. The van der Waals surface area contributed by atoms with Gasteiger partial charge < -0.3 is 49.5 Å². The average Bonchev–Trinajstić information content (AvgIpc) is 3.06. The Morgan fingerprint density at radius 3 is 1.83 bits per heavy atom. The van der Waals surface area contributed by atoms with Crippen molar-refractivity contribution in [2.45, 2.75) is 6.42 Å². The summed E-state index contributed by atoms with van der Waals surface area (Å²) in [5.74, 6) is 0. The van der Waals surface area contributed by atoms with Crippen molar-refractivity contribution in [3.63, 3.8) is 0 Å². The number of allylic oxidation sites excluding steroid dienone is 4. The van der Waals surface area contributed by atoms with E-state index in [1.54, 1.807) is 0 Å². The number of H-pyrrole nitrogens is 1. The van der Waals surface area contributed by atoms with Crippen molar-refractivity contribution in [3.8, 4) is 0 Å². The molecule has 0 atom stereocenters. The summed E-state index contributed by atoms with van der Waals surface area (Å²) < 4.78 is 0. The molecule has 2 radical (unpaired) electrons. The summed E-state index contributed by atoms with van der Waals surface area (Å²) in [5.41, 5.74) is 1.15. The van der Waals surface area contributed by atoms with Gasteiger partial charge in [-0.2, -0.15) is 17.5 Å². The van der Waals surface area contributed by atoms with Gasteiger partial charge in [-0.15, -0.1) is 55.1 Å². The molecule has 2 aromatic rings. The van der Waals surface area contributed by atoms with E-state index >= 15 is 0 Å². The van der Waals surface area contributed by atoms with Crippen LogP contribution in [0.1, 0.15) is 6.42 Å². The van der Waals surface area contributed by atoms with Crippen molar-refractivity contribution >= 4 is 42.6 Å².